The van der Waals surface area contributed by atoms with Gasteiger partial charge in [0.15, 0.2) is 0 Å². The fourth-order valence-corrected chi connectivity index (χ4v) is 2.59. The van der Waals surface area contributed by atoms with Crippen LogP contribution in [0.25, 0.3) is 0 Å². The van der Waals surface area contributed by atoms with Crippen LogP contribution in [0, 0.1) is 17.3 Å². The normalized spacial score (nSPS) is 32.6. The molecule has 0 aromatic carbocycles. The standard InChI is InChI=1S/C11H15NO2S/c1-11(2)7-8(11)10(14)12(9(7)13)5-3-4-6-15/h3-4,7-8,15H,5-6H2,1-2H3. The van der Waals surface area contributed by atoms with Crippen molar-refractivity contribution >= 4 is 24.4 Å². The van der Waals surface area contributed by atoms with E-state index < -0.39 is 0 Å². The van der Waals surface area contributed by atoms with Crippen LogP contribution in [0.3, 0.4) is 0 Å². The van der Waals surface area contributed by atoms with Gasteiger partial charge in [0.1, 0.15) is 0 Å². The lowest BCUT2D eigenvalue weighted by molar-refractivity contribution is -0.142. The van der Waals surface area contributed by atoms with Gasteiger partial charge in [0.2, 0.25) is 11.8 Å². The fourth-order valence-electron chi connectivity index (χ4n) is 2.44. The molecule has 0 N–H and O–H groups in total. The number of likely N-dealkylation sites (tertiary alicyclic amines) is 1. The number of rotatable bonds is 3. The third-order valence-electron chi connectivity index (χ3n) is 3.45. The second kappa shape index (κ2) is 3.37. The van der Waals surface area contributed by atoms with Crippen LogP contribution in [-0.4, -0.2) is 29.0 Å². The van der Waals surface area contributed by atoms with Crippen molar-refractivity contribution in [1.82, 2.24) is 4.90 Å². The predicted molar refractivity (Wildman–Crippen MR) is 60.5 cm³/mol. The summed E-state index contributed by atoms with van der Waals surface area (Å²) < 4.78 is 0. The fraction of sp³-hybridized carbons (Fsp3) is 0.636. The number of piperidine rings is 1. The summed E-state index contributed by atoms with van der Waals surface area (Å²) in [6.07, 6.45) is 3.67. The van der Waals surface area contributed by atoms with Crippen LogP contribution < -0.4 is 0 Å². The molecular weight excluding hydrogens is 210 g/mol. The van der Waals surface area contributed by atoms with Gasteiger partial charge < -0.3 is 0 Å². The molecule has 2 atom stereocenters. The van der Waals surface area contributed by atoms with Crippen molar-refractivity contribution in [2.45, 2.75) is 13.8 Å². The SMILES string of the molecule is CC1(C)C2C(=O)N(CC=CCS)C(=O)C21. The maximum atomic E-state index is 11.8. The van der Waals surface area contributed by atoms with E-state index in [2.05, 4.69) is 12.6 Å². The molecule has 2 amide bonds. The van der Waals surface area contributed by atoms with Gasteiger partial charge in [-0.25, -0.2) is 0 Å². The number of carbonyl (C=O) groups excluding carboxylic acids is 2. The smallest absolute Gasteiger partial charge is 0.233 e. The highest BCUT2D eigenvalue weighted by molar-refractivity contribution is 7.80. The number of hydrogen-bond donors (Lipinski definition) is 1. The van der Waals surface area contributed by atoms with Gasteiger partial charge in [-0.15, -0.1) is 0 Å². The summed E-state index contributed by atoms with van der Waals surface area (Å²) >= 11 is 4.02. The number of nitrogens with zero attached hydrogens (tertiary/aromatic N) is 1. The summed E-state index contributed by atoms with van der Waals surface area (Å²) in [4.78, 5) is 25.0. The van der Waals surface area contributed by atoms with Gasteiger partial charge in [0.05, 0.1) is 11.8 Å². The molecule has 1 saturated carbocycles. The molecule has 82 valence electrons. The molecule has 4 heteroatoms. The summed E-state index contributed by atoms with van der Waals surface area (Å²) in [5, 5.41) is 0. The summed E-state index contributed by atoms with van der Waals surface area (Å²) in [5.41, 5.74) is -0.0993. The van der Waals surface area contributed by atoms with Crippen LogP contribution in [0.4, 0.5) is 0 Å². The van der Waals surface area contributed by atoms with Gasteiger partial charge in [0.25, 0.3) is 0 Å². The van der Waals surface area contributed by atoms with E-state index in [1.54, 1.807) is 0 Å². The van der Waals surface area contributed by atoms with E-state index >= 15 is 0 Å². The number of carbonyl (C=O) groups is 2. The third kappa shape index (κ3) is 1.42. The first-order valence-corrected chi connectivity index (χ1v) is 5.76. The van der Waals surface area contributed by atoms with E-state index in [1.807, 2.05) is 26.0 Å². The second-order valence-electron chi connectivity index (χ2n) is 4.72. The molecule has 0 bridgehead atoms. The predicted octanol–water partition coefficient (Wildman–Crippen LogP) is 1.11. The first-order valence-electron chi connectivity index (χ1n) is 5.13. The molecule has 1 heterocycles. The Bertz CT molecular complexity index is 324. The lowest BCUT2D eigenvalue weighted by atomic mass is 10.1. The minimum atomic E-state index is -0.0993. The van der Waals surface area contributed by atoms with Crippen LogP contribution in [-0.2, 0) is 9.59 Å². The Morgan fingerprint density at radius 3 is 2.27 bits per heavy atom. The topological polar surface area (TPSA) is 37.4 Å². The second-order valence-corrected chi connectivity index (χ2v) is 5.08. The highest BCUT2D eigenvalue weighted by Gasteiger charge is 2.72. The molecule has 0 aromatic heterocycles. The Morgan fingerprint density at radius 1 is 1.27 bits per heavy atom. The average molecular weight is 225 g/mol. The molecule has 15 heavy (non-hydrogen) atoms. The molecule has 2 rings (SSSR count). The number of thiol groups is 1. The molecule has 2 aliphatic rings. The molecule has 3 nitrogen and oxygen atoms in total. The molecule has 1 saturated heterocycles. The summed E-state index contributed by atoms with van der Waals surface area (Å²) in [5.74, 6) is 0.510. The Kier molecular flexibility index (Phi) is 2.41. The first kappa shape index (κ1) is 10.7. The van der Waals surface area contributed by atoms with Crippen LogP contribution in [0.15, 0.2) is 12.2 Å². The third-order valence-corrected chi connectivity index (χ3v) is 3.66. The van der Waals surface area contributed by atoms with Crippen molar-refractivity contribution in [3.8, 4) is 0 Å². The van der Waals surface area contributed by atoms with E-state index in [0.717, 1.165) is 0 Å². The molecule has 1 aliphatic heterocycles. The molecule has 0 aromatic rings. The van der Waals surface area contributed by atoms with E-state index in [1.165, 1.54) is 4.90 Å². The van der Waals surface area contributed by atoms with Gasteiger partial charge >= 0.3 is 0 Å². The van der Waals surface area contributed by atoms with E-state index in [9.17, 15) is 9.59 Å². The van der Waals surface area contributed by atoms with Gasteiger partial charge in [-0.3, -0.25) is 14.5 Å². The zero-order valence-electron chi connectivity index (χ0n) is 8.93. The maximum Gasteiger partial charge on any atom is 0.233 e. The Balaban J connectivity index is 2.04. The molecule has 1 aliphatic carbocycles. The lowest BCUT2D eigenvalue weighted by Gasteiger charge is -2.18. The van der Waals surface area contributed by atoms with Crippen LogP contribution >= 0.6 is 12.6 Å². The van der Waals surface area contributed by atoms with E-state index in [4.69, 9.17) is 0 Å². The average Bonchev–Trinajstić information content (AvgIpc) is 2.63. The van der Waals surface area contributed by atoms with E-state index in [-0.39, 0.29) is 29.1 Å². The lowest BCUT2D eigenvalue weighted by Crippen LogP contribution is -2.36. The van der Waals surface area contributed by atoms with Crippen LogP contribution in [0.1, 0.15) is 13.8 Å². The van der Waals surface area contributed by atoms with E-state index in [0.29, 0.717) is 12.3 Å². The number of imide groups is 1. The van der Waals surface area contributed by atoms with Crippen molar-refractivity contribution in [2.75, 3.05) is 12.3 Å². The monoisotopic (exact) mass is 225 g/mol. The Labute approximate surface area is 94.9 Å². The summed E-state index contributed by atoms with van der Waals surface area (Å²) in [7, 11) is 0. The highest BCUT2D eigenvalue weighted by Crippen LogP contribution is 2.63. The molecule has 0 radical (unpaired) electrons. The molecular formula is C11H15NO2S. The van der Waals surface area contributed by atoms with Crippen molar-refractivity contribution in [2.24, 2.45) is 17.3 Å². The van der Waals surface area contributed by atoms with Gasteiger partial charge in [-0.1, -0.05) is 26.0 Å². The van der Waals surface area contributed by atoms with Crippen molar-refractivity contribution in [3.05, 3.63) is 12.2 Å². The van der Waals surface area contributed by atoms with Crippen molar-refractivity contribution in [3.63, 3.8) is 0 Å². The quantitative estimate of drug-likeness (QED) is 0.444. The van der Waals surface area contributed by atoms with Gasteiger partial charge in [-0.05, 0) is 5.41 Å². The zero-order chi connectivity index (χ0) is 11.2. The Morgan fingerprint density at radius 2 is 1.80 bits per heavy atom. The maximum absolute atomic E-state index is 11.8. The van der Waals surface area contributed by atoms with Crippen molar-refractivity contribution in [1.29, 1.82) is 0 Å². The van der Waals surface area contributed by atoms with Crippen LogP contribution in [0.5, 0.6) is 0 Å². The van der Waals surface area contributed by atoms with Gasteiger partial charge in [0, 0.05) is 12.3 Å². The van der Waals surface area contributed by atoms with Crippen LogP contribution in [0.2, 0.25) is 0 Å². The minimum Gasteiger partial charge on any atom is -0.278 e. The molecule has 2 fully saturated rings. The largest absolute Gasteiger partial charge is 0.278 e. The summed E-state index contributed by atoms with van der Waals surface area (Å²) in [6.45, 7) is 4.37. The number of amides is 2. The van der Waals surface area contributed by atoms with Crippen molar-refractivity contribution < 1.29 is 9.59 Å². The Hall–Kier alpha value is -0.770. The number of fused-ring (bicyclic) bond motifs is 1. The molecule has 2 unspecified atom stereocenters. The minimum absolute atomic E-state index is 0.00110. The first-order chi connectivity index (χ1) is 7.01. The highest BCUT2D eigenvalue weighted by atomic mass is 32.1. The zero-order valence-corrected chi connectivity index (χ0v) is 9.83. The molecule has 0 spiro atoms. The number of hydrogen-bond acceptors (Lipinski definition) is 3. The summed E-state index contributed by atoms with van der Waals surface area (Å²) in [6, 6.07) is 0. The van der Waals surface area contributed by atoms with Gasteiger partial charge in [-0.2, -0.15) is 12.6 Å².